The first-order chi connectivity index (χ1) is 8.15. The first kappa shape index (κ1) is 12.4. The van der Waals surface area contributed by atoms with Crippen LogP contribution in [-0.4, -0.2) is 4.98 Å². The highest BCUT2D eigenvalue weighted by Gasteiger charge is 2.12. The minimum Gasteiger partial charge on any atom is -0.397 e. The number of anilines is 1. The standard InChI is InChI=1S/C14H20N2S/c1-4-5-6-7-11-9(2)13-12(15)8-17-14(13)16-10(11)3/h8H,4-7,15H2,1-3H3. The summed E-state index contributed by atoms with van der Waals surface area (Å²) in [5, 5.41) is 3.17. The number of nitrogens with two attached hydrogens (primary N) is 1. The Kier molecular flexibility index (Phi) is 3.67. The molecule has 2 nitrogen and oxygen atoms in total. The molecule has 17 heavy (non-hydrogen) atoms. The van der Waals surface area contributed by atoms with Gasteiger partial charge in [0.15, 0.2) is 0 Å². The molecule has 2 N–H and O–H groups in total. The number of unbranched alkanes of at least 4 members (excludes halogenated alkanes) is 2. The molecule has 0 atom stereocenters. The van der Waals surface area contributed by atoms with Crippen molar-refractivity contribution in [2.45, 2.75) is 46.5 Å². The summed E-state index contributed by atoms with van der Waals surface area (Å²) in [6, 6.07) is 0. The summed E-state index contributed by atoms with van der Waals surface area (Å²) in [6.45, 7) is 6.53. The lowest BCUT2D eigenvalue weighted by atomic mass is 9.99. The molecule has 0 saturated heterocycles. The zero-order chi connectivity index (χ0) is 12.4. The normalized spacial score (nSPS) is 11.2. The zero-order valence-electron chi connectivity index (χ0n) is 10.8. The summed E-state index contributed by atoms with van der Waals surface area (Å²) in [7, 11) is 0. The number of aryl methyl sites for hydroxylation is 2. The van der Waals surface area contributed by atoms with Gasteiger partial charge in [-0.15, -0.1) is 11.3 Å². The molecule has 0 amide bonds. The van der Waals surface area contributed by atoms with Crippen LogP contribution >= 0.6 is 11.3 Å². The van der Waals surface area contributed by atoms with E-state index in [1.54, 1.807) is 11.3 Å². The second-order valence-electron chi connectivity index (χ2n) is 4.63. The van der Waals surface area contributed by atoms with E-state index in [2.05, 4.69) is 25.8 Å². The number of rotatable bonds is 4. The third-order valence-corrected chi connectivity index (χ3v) is 4.25. The molecule has 0 aliphatic rings. The first-order valence-corrected chi connectivity index (χ1v) is 7.15. The molecule has 3 heteroatoms. The molecule has 0 aliphatic heterocycles. The molecule has 0 aromatic carbocycles. The minimum absolute atomic E-state index is 0.881. The first-order valence-electron chi connectivity index (χ1n) is 6.28. The van der Waals surface area contributed by atoms with Gasteiger partial charge in [-0.2, -0.15) is 0 Å². The molecular weight excluding hydrogens is 228 g/mol. The Morgan fingerprint density at radius 2 is 2.06 bits per heavy atom. The maximum absolute atomic E-state index is 6.02. The molecule has 0 fully saturated rings. The van der Waals surface area contributed by atoms with Crippen LogP contribution in [0, 0.1) is 13.8 Å². The van der Waals surface area contributed by atoms with Crippen LogP contribution in [0.1, 0.15) is 43.0 Å². The van der Waals surface area contributed by atoms with Crippen molar-refractivity contribution in [3.05, 3.63) is 22.2 Å². The molecule has 2 aromatic rings. The van der Waals surface area contributed by atoms with Crippen molar-refractivity contribution >= 4 is 27.2 Å². The molecule has 0 spiro atoms. The largest absolute Gasteiger partial charge is 0.397 e. The Bertz CT molecular complexity index is 528. The molecule has 0 bridgehead atoms. The minimum atomic E-state index is 0.881. The van der Waals surface area contributed by atoms with Crippen molar-refractivity contribution in [1.29, 1.82) is 0 Å². The Balaban J connectivity index is 2.43. The van der Waals surface area contributed by atoms with Crippen LogP contribution in [0.15, 0.2) is 5.38 Å². The molecule has 0 saturated carbocycles. The number of aromatic nitrogens is 1. The molecule has 0 aliphatic carbocycles. The lowest BCUT2D eigenvalue weighted by molar-refractivity contribution is 0.712. The number of hydrogen-bond donors (Lipinski definition) is 1. The fourth-order valence-electron chi connectivity index (χ4n) is 2.38. The van der Waals surface area contributed by atoms with Gasteiger partial charge in [0.2, 0.25) is 0 Å². The Morgan fingerprint density at radius 1 is 1.29 bits per heavy atom. The van der Waals surface area contributed by atoms with E-state index >= 15 is 0 Å². The van der Waals surface area contributed by atoms with Crippen molar-refractivity contribution in [3.8, 4) is 0 Å². The van der Waals surface area contributed by atoms with Crippen molar-refractivity contribution < 1.29 is 0 Å². The fourth-order valence-corrected chi connectivity index (χ4v) is 3.32. The lowest BCUT2D eigenvalue weighted by Crippen LogP contribution is -1.98. The second-order valence-corrected chi connectivity index (χ2v) is 5.49. The molecule has 0 radical (unpaired) electrons. The van der Waals surface area contributed by atoms with Crippen LogP contribution in [0.3, 0.4) is 0 Å². The van der Waals surface area contributed by atoms with E-state index in [4.69, 9.17) is 5.73 Å². The van der Waals surface area contributed by atoms with E-state index < -0.39 is 0 Å². The van der Waals surface area contributed by atoms with Crippen molar-refractivity contribution in [2.75, 3.05) is 5.73 Å². The van der Waals surface area contributed by atoms with Gasteiger partial charge in [-0.05, 0) is 37.8 Å². The van der Waals surface area contributed by atoms with Gasteiger partial charge in [0.1, 0.15) is 4.83 Å². The molecular formula is C14H20N2S. The monoisotopic (exact) mass is 248 g/mol. The molecule has 0 unspecified atom stereocenters. The summed E-state index contributed by atoms with van der Waals surface area (Å²) < 4.78 is 0. The Hall–Kier alpha value is -1.09. The van der Waals surface area contributed by atoms with Crippen LogP contribution in [0.5, 0.6) is 0 Å². The van der Waals surface area contributed by atoms with E-state index in [0.29, 0.717) is 0 Å². The summed E-state index contributed by atoms with van der Waals surface area (Å²) >= 11 is 1.64. The van der Waals surface area contributed by atoms with Crippen LogP contribution < -0.4 is 5.73 Å². The number of fused-ring (bicyclic) bond motifs is 1. The third-order valence-electron chi connectivity index (χ3n) is 3.36. The van der Waals surface area contributed by atoms with Gasteiger partial charge in [0.05, 0.1) is 5.69 Å². The highest BCUT2D eigenvalue weighted by atomic mass is 32.1. The molecule has 92 valence electrons. The van der Waals surface area contributed by atoms with Crippen molar-refractivity contribution in [1.82, 2.24) is 4.98 Å². The zero-order valence-corrected chi connectivity index (χ0v) is 11.7. The number of nitrogens with zero attached hydrogens (tertiary/aromatic N) is 1. The SMILES string of the molecule is CCCCCc1c(C)nc2scc(N)c2c1C. The van der Waals surface area contributed by atoms with Gasteiger partial charge in [-0.25, -0.2) is 4.98 Å². The van der Waals surface area contributed by atoms with Gasteiger partial charge < -0.3 is 5.73 Å². The fraction of sp³-hybridized carbons (Fsp3) is 0.500. The topological polar surface area (TPSA) is 38.9 Å². The van der Waals surface area contributed by atoms with Crippen LogP contribution in [0.25, 0.3) is 10.2 Å². The second kappa shape index (κ2) is 5.05. The molecule has 2 rings (SSSR count). The lowest BCUT2D eigenvalue weighted by Gasteiger charge is -2.10. The number of pyridine rings is 1. The predicted molar refractivity (Wildman–Crippen MR) is 76.7 cm³/mol. The summed E-state index contributed by atoms with van der Waals surface area (Å²) in [5.74, 6) is 0. The summed E-state index contributed by atoms with van der Waals surface area (Å²) in [6.07, 6.45) is 4.92. The van der Waals surface area contributed by atoms with E-state index in [-0.39, 0.29) is 0 Å². The quantitative estimate of drug-likeness (QED) is 0.822. The number of nitrogen functional groups attached to an aromatic ring is 1. The average molecular weight is 248 g/mol. The van der Waals surface area contributed by atoms with E-state index in [0.717, 1.165) is 16.9 Å². The van der Waals surface area contributed by atoms with Gasteiger partial charge in [-0.1, -0.05) is 19.8 Å². The summed E-state index contributed by atoms with van der Waals surface area (Å²) in [5.41, 5.74) is 10.8. The van der Waals surface area contributed by atoms with Crippen molar-refractivity contribution in [2.24, 2.45) is 0 Å². The highest BCUT2D eigenvalue weighted by molar-refractivity contribution is 7.17. The van der Waals surface area contributed by atoms with E-state index in [1.807, 2.05) is 5.38 Å². The van der Waals surface area contributed by atoms with Crippen LogP contribution in [-0.2, 0) is 6.42 Å². The smallest absolute Gasteiger partial charge is 0.125 e. The Morgan fingerprint density at radius 3 is 2.76 bits per heavy atom. The highest BCUT2D eigenvalue weighted by Crippen LogP contribution is 2.32. The maximum Gasteiger partial charge on any atom is 0.125 e. The third kappa shape index (κ3) is 2.29. The van der Waals surface area contributed by atoms with E-state index in [1.165, 1.54) is 41.5 Å². The van der Waals surface area contributed by atoms with Gasteiger partial charge >= 0.3 is 0 Å². The van der Waals surface area contributed by atoms with Crippen molar-refractivity contribution in [3.63, 3.8) is 0 Å². The molecule has 2 aromatic heterocycles. The maximum atomic E-state index is 6.02. The van der Waals surface area contributed by atoms with Gasteiger partial charge in [0.25, 0.3) is 0 Å². The van der Waals surface area contributed by atoms with Gasteiger partial charge in [-0.3, -0.25) is 0 Å². The summed E-state index contributed by atoms with van der Waals surface area (Å²) in [4.78, 5) is 5.75. The van der Waals surface area contributed by atoms with Gasteiger partial charge in [0, 0.05) is 16.5 Å². The van der Waals surface area contributed by atoms with Crippen LogP contribution in [0.2, 0.25) is 0 Å². The number of thiophene rings is 1. The van der Waals surface area contributed by atoms with Crippen LogP contribution in [0.4, 0.5) is 5.69 Å². The number of hydrogen-bond acceptors (Lipinski definition) is 3. The average Bonchev–Trinajstić information content (AvgIpc) is 2.65. The van der Waals surface area contributed by atoms with E-state index in [9.17, 15) is 0 Å². The Labute approximate surface area is 107 Å². The molecule has 2 heterocycles. The predicted octanol–water partition coefficient (Wildman–Crippen LogP) is 4.23.